The van der Waals surface area contributed by atoms with E-state index in [1.165, 1.54) is 31.4 Å². The molecule has 1 saturated carbocycles. The van der Waals surface area contributed by atoms with Gasteiger partial charge in [-0.25, -0.2) is 0 Å². The van der Waals surface area contributed by atoms with E-state index in [1.54, 1.807) is 26.3 Å². The first-order chi connectivity index (χ1) is 12.9. The minimum absolute atomic E-state index is 0. The van der Waals surface area contributed by atoms with Gasteiger partial charge in [-0.2, -0.15) is 0 Å². The minimum atomic E-state index is -4.66. The molecular weight excluding hydrogens is 486 g/mol. The van der Waals surface area contributed by atoms with Crippen LogP contribution in [0.5, 0.6) is 5.75 Å². The highest BCUT2D eigenvalue weighted by molar-refractivity contribution is 14.0. The summed E-state index contributed by atoms with van der Waals surface area (Å²) < 4.78 is 45.6. The van der Waals surface area contributed by atoms with Crippen molar-refractivity contribution >= 4 is 29.9 Å². The van der Waals surface area contributed by atoms with E-state index in [0.717, 1.165) is 31.1 Å². The van der Waals surface area contributed by atoms with Crippen molar-refractivity contribution in [3.05, 3.63) is 29.8 Å². The number of ether oxygens (including phenoxy) is 2. The maximum atomic E-state index is 12.2. The fourth-order valence-electron chi connectivity index (χ4n) is 3.19. The highest BCUT2D eigenvalue weighted by atomic mass is 127. The summed E-state index contributed by atoms with van der Waals surface area (Å²) in [5, 5.41) is 6.62. The van der Waals surface area contributed by atoms with E-state index < -0.39 is 6.36 Å². The average Bonchev–Trinajstić information content (AvgIpc) is 2.59. The van der Waals surface area contributed by atoms with Gasteiger partial charge < -0.3 is 20.1 Å². The largest absolute Gasteiger partial charge is 0.573 e. The van der Waals surface area contributed by atoms with Crippen LogP contribution in [0.4, 0.5) is 13.2 Å². The van der Waals surface area contributed by atoms with Crippen LogP contribution in [0.2, 0.25) is 0 Å². The Morgan fingerprint density at radius 1 is 1.18 bits per heavy atom. The summed E-state index contributed by atoms with van der Waals surface area (Å²) in [5.74, 6) is 0.522. The van der Waals surface area contributed by atoms with E-state index in [0.29, 0.717) is 18.4 Å². The Hall–Kier alpha value is -1.23. The molecule has 1 aromatic rings. The Morgan fingerprint density at radius 2 is 1.86 bits per heavy atom. The predicted molar refractivity (Wildman–Crippen MR) is 114 cm³/mol. The number of nitrogens with zero attached hydrogens (tertiary/aromatic N) is 1. The van der Waals surface area contributed by atoms with Crippen molar-refractivity contribution in [3.8, 4) is 5.75 Å². The van der Waals surface area contributed by atoms with Crippen LogP contribution >= 0.6 is 24.0 Å². The van der Waals surface area contributed by atoms with Crippen LogP contribution in [0.1, 0.15) is 31.2 Å². The van der Waals surface area contributed by atoms with E-state index in [4.69, 9.17) is 4.74 Å². The van der Waals surface area contributed by atoms with Gasteiger partial charge in [0.25, 0.3) is 0 Å². The van der Waals surface area contributed by atoms with Gasteiger partial charge in [0, 0.05) is 33.9 Å². The SMILES string of the molecule is CN=C(NCCc1ccc(OC(F)(F)F)cc1)NCC1(CCOC)CCC1.I. The lowest BCUT2D eigenvalue weighted by Crippen LogP contribution is -2.47. The molecule has 0 radical (unpaired) electrons. The summed E-state index contributed by atoms with van der Waals surface area (Å²) in [5.41, 5.74) is 1.21. The number of hydrogen-bond donors (Lipinski definition) is 2. The van der Waals surface area contributed by atoms with Gasteiger partial charge in [0.2, 0.25) is 0 Å². The molecule has 28 heavy (non-hydrogen) atoms. The molecule has 9 heteroatoms. The number of benzene rings is 1. The third-order valence-electron chi connectivity index (χ3n) is 4.97. The van der Waals surface area contributed by atoms with Crippen molar-refractivity contribution in [3.63, 3.8) is 0 Å². The van der Waals surface area contributed by atoms with Crippen LogP contribution in [0.3, 0.4) is 0 Å². The molecule has 0 spiro atoms. The first-order valence-corrected chi connectivity index (χ1v) is 9.14. The standard InChI is InChI=1S/C19H28F3N3O2.HI/c1-23-17(25-14-18(9-3-10-18)11-13-26-2)24-12-8-15-4-6-16(7-5-15)27-19(20,21)22;/h4-7H,3,8-14H2,1-2H3,(H2,23,24,25);1H. The monoisotopic (exact) mass is 515 g/mol. The number of guanidine groups is 1. The second kappa shape index (κ2) is 11.7. The number of methoxy groups -OCH3 is 1. The van der Waals surface area contributed by atoms with E-state index in [2.05, 4.69) is 20.4 Å². The molecule has 160 valence electrons. The van der Waals surface area contributed by atoms with Crippen LogP contribution in [0.25, 0.3) is 0 Å². The molecule has 5 nitrogen and oxygen atoms in total. The van der Waals surface area contributed by atoms with E-state index in [-0.39, 0.29) is 29.7 Å². The van der Waals surface area contributed by atoms with Gasteiger partial charge in [-0.1, -0.05) is 18.6 Å². The van der Waals surface area contributed by atoms with Crippen molar-refractivity contribution in [2.75, 3.05) is 33.9 Å². The lowest BCUT2D eigenvalue weighted by molar-refractivity contribution is -0.274. The fourth-order valence-corrected chi connectivity index (χ4v) is 3.19. The van der Waals surface area contributed by atoms with E-state index in [1.807, 2.05) is 0 Å². The first kappa shape index (κ1) is 24.8. The number of hydrogen-bond acceptors (Lipinski definition) is 3. The fraction of sp³-hybridized carbons (Fsp3) is 0.632. The molecule has 0 bridgehead atoms. The second-order valence-corrected chi connectivity index (χ2v) is 6.89. The van der Waals surface area contributed by atoms with Gasteiger partial charge in [0.1, 0.15) is 5.75 Å². The number of nitrogens with one attached hydrogen (secondary N) is 2. The third-order valence-corrected chi connectivity index (χ3v) is 4.97. The van der Waals surface area contributed by atoms with Gasteiger partial charge in [-0.15, -0.1) is 37.1 Å². The first-order valence-electron chi connectivity index (χ1n) is 9.14. The summed E-state index contributed by atoms with van der Waals surface area (Å²) in [6.07, 6.45) is 0.703. The summed E-state index contributed by atoms with van der Waals surface area (Å²) in [7, 11) is 3.45. The van der Waals surface area contributed by atoms with Crippen LogP contribution in [0.15, 0.2) is 29.3 Å². The van der Waals surface area contributed by atoms with Crippen molar-refractivity contribution in [2.24, 2.45) is 10.4 Å². The van der Waals surface area contributed by atoms with Gasteiger partial charge in [0.15, 0.2) is 5.96 Å². The molecular formula is C19H29F3IN3O2. The smallest absolute Gasteiger partial charge is 0.406 e. The molecule has 1 fully saturated rings. The lowest BCUT2D eigenvalue weighted by atomic mass is 9.67. The van der Waals surface area contributed by atoms with E-state index in [9.17, 15) is 13.2 Å². The molecule has 0 aliphatic heterocycles. The molecule has 0 heterocycles. The van der Waals surface area contributed by atoms with Gasteiger partial charge in [0.05, 0.1) is 0 Å². The van der Waals surface area contributed by atoms with Gasteiger partial charge >= 0.3 is 6.36 Å². The van der Waals surface area contributed by atoms with Crippen LogP contribution in [-0.4, -0.2) is 46.2 Å². The van der Waals surface area contributed by atoms with Crippen LogP contribution < -0.4 is 15.4 Å². The Balaban J connectivity index is 0.00000392. The predicted octanol–water partition coefficient (Wildman–Crippen LogP) is 4.12. The highest BCUT2D eigenvalue weighted by Crippen LogP contribution is 2.43. The van der Waals surface area contributed by atoms with Crippen LogP contribution in [-0.2, 0) is 11.2 Å². The maximum Gasteiger partial charge on any atom is 0.573 e. The van der Waals surface area contributed by atoms with Crippen molar-refractivity contribution in [1.82, 2.24) is 10.6 Å². The molecule has 0 aromatic heterocycles. The van der Waals surface area contributed by atoms with Gasteiger partial charge in [-0.3, -0.25) is 4.99 Å². The number of halogens is 4. The molecule has 1 aromatic carbocycles. The Morgan fingerprint density at radius 3 is 2.36 bits per heavy atom. The summed E-state index contributed by atoms with van der Waals surface area (Å²) in [4.78, 5) is 4.23. The maximum absolute atomic E-state index is 12.2. The Labute approximate surface area is 181 Å². The third kappa shape index (κ3) is 8.42. The summed E-state index contributed by atoms with van der Waals surface area (Å²) in [6, 6.07) is 5.91. The molecule has 0 unspecified atom stereocenters. The van der Waals surface area contributed by atoms with Gasteiger partial charge in [-0.05, 0) is 48.8 Å². The minimum Gasteiger partial charge on any atom is -0.406 e. The quantitative estimate of drug-likeness (QED) is 0.295. The van der Waals surface area contributed by atoms with Crippen molar-refractivity contribution < 1.29 is 22.6 Å². The molecule has 0 saturated heterocycles. The molecule has 2 rings (SSSR count). The van der Waals surface area contributed by atoms with Crippen molar-refractivity contribution in [2.45, 2.75) is 38.5 Å². The van der Waals surface area contributed by atoms with Crippen molar-refractivity contribution in [1.29, 1.82) is 0 Å². The Kier molecular flexibility index (Phi) is 10.4. The molecule has 2 N–H and O–H groups in total. The van der Waals surface area contributed by atoms with Crippen LogP contribution in [0, 0.1) is 5.41 Å². The molecule has 1 aliphatic carbocycles. The zero-order valence-corrected chi connectivity index (χ0v) is 18.6. The number of alkyl halides is 3. The number of aliphatic imine (C=N–C) groups is 1. The zero-order chi connectivity index (χ0) is 19.8. The number of rotatable bonds is 9. The van der Waals surface area contributed by atoms with E-state index >= 15 is 0 Å². The molecule has 0 amide bonds. The normalized spacial score (nSPS) is 16.0. The summed E-state index contributed by atoms with van der Waals surface area (Å²) >= 11 is 0. The highest BCUT2D eigenvalue weighted by Gasteiger charge is 2.36. The average molecular weight is 515 g/mol. The topological polar surface area (TPSA) is 54.9 Å². The second-order valence-electron chi connectivity index (χ2n) is 6.89. The molecule has 0 atom stereocenters. The summed E-state index contributed by atoms with van der Waals surface area (Å²) in [6.45, 7) is 2.26. The Bertz CT molecular complexity index is 605. The lowest BCUT2D eigenvalue weighted by Gasteiger charge is -2.42. The zero-order valence-electron chi connectivity index (χ0n) is 16.3. The molecule has 1 aliphatic rings.